The van der Waals surface area contributed by atoms with Crippen molar-refractivity contribution in [3.8, 4) is 0 Å². The molecule has 54 heavy (non-hydrogen) atoms. The summed E-state index contributed by atoms with van der Waals surface area (Å²) in [5.74, 6) is -6.52. The Morgan fingerprint density at radius 1 is 1.19 bits per heavy atom. The van der Waals surface area contributed by atoms with E-state index in [1.165, 1.54) is 12.3 Å². The van der Waals surface area contributed by atoms with Crippen LogP contribution in [-0.2, 0) is 37.4 Å². The SMILES string of the molecule is Nc1ccn([C@@H]2[C@@H]3O[C@H](COP(=O)(O)OC4(C(=O)O)CC(O)C(NC(=O)CNC(=O)OC5CC/C=C/CCC5)C([C@H](O)[C@H](O)CO)O4)[C@H](O)[C@]32O)c(=O)n1. The topological polar surface area (TPSA) is 361 Å². The van der Waals surface area contributed by atoms with Crippen molar-refractivity contribution in [3.63, 3.8) is 0 Å². The predicted molar refractivity (Wildman–Crippen MR) is 176 cm³/mol. The smallest absolute Gasteiger partial charge is 0.475 e. The van der Waals surface area contributed by atoms with Crippen molar-refractivity contribution in [2.45, 2.75) is 111 Å². The number of carbonyl (C=O) groups is 3. The predicted octanol–water partition coefficient (Wildman–Crippen LogP) is -3.88. The molecule has 0 radical (unpaired) electrons. The number of ether oxygens (including phenoxy) is 3. The first kappa shape index (κ1) is 41.6. The number of phosphoric ester groups is 1. The molecule has 23 nitrogen and oxygen atoms in total. The number of aliphatic hydroxyl groups is 6. The number of nitrogen functional groups attached to an aromatic ring is 1. The molecule has 6 unspecified atom stereocenters. The number of phosphoric acid groups is 1. The number of fused-ring (bicyclic) bond motifs is 1. The average molecular weight is 794 g/mol. The van der Waals surface area contributed by atoms with Gasteiger partial charge in [0.1, 0.15) is 66.7 Å². The number of carbonyl (C=O) groups excluding carboxylic acids is 2. The largest absolute Gasteiger partial charge is 0.477 e. The Labute approximate surface area is 305 Å². The van der Waals surface area contributed by atoms with E-state index >= 15 is 0 Å². The number of anilines is 1. The minimum absolute atomic E-state index is 0.0931. The van der Waals surface area contributed by atoms with Crippen LogP contribution in [0.4, 0.5) is 10.6 Å². The van der Waals surface area contributed by atoms with Crippen LogP contribution < -0.4 is 22.1 Å². The third-order valence-electron chi connectivity index (χ3n) is 9.60. The number of aliphatic carboxylic acids is 1. The van der Waals surface area contributed by atoms with E-state index in [4.69, 9.17) is 29.0 Å². The Bertz CT molecular complexity index is 1680. The van der Waals surface area contributed by atoms with E-state index in [-0.39, 0.29) is 5.82 Å². The number of alkyl carbamates (subject to hydrolysis) is 1. The second kappa shape index (κ2) is 16.6. The summed E-state index contributed by atoms with van der Waals surface area (Å²) in [6.07, 6.45) is -6.81. The van der Waals surface area contributed by atoms with Gasteiger partial charge in [0.2, 0.25) is 5.91 Å². The number of carboxylic acid groups (broad SMARTS) is 1. The lowest BCUT2D eigenvalue weighted by Gasteiger charge is -2.46. The molecule has 1 aromatic rings. The van der Waals surface area contributed by atoms with Crippen LogP contribution in [0.1, 0.15) is 44.6 Å². The molecule has 0 spiro atoms. The van der Waals surface area contributed by atoms with Gasteiger partial charge in [-0.3, -0.25) is 13.9 Å². The van der Waals surface area contributed by atoms with Crippen LogP contribution in [0.15, 0.2) is 29.2 Å². The summed E-state index contributed by atoms with van der Waals surface area (Å²) in [6.45, 7) is -2.83. The van der Waals surface area contributed by atoms with Gasteiger partial charge in [-0.05, 0) is 38.2 Å². The Morgan fingerprint density at radius 3 is 2.56 bits per heavy atom. The summed E-state index contributed by atoms with van der Waals surface area (Å²) in [6, 6.07) is -1.59. The van der Waals surface area contributed by atoms with Gasteiger partial charge in [-0.15, -0.1) is 0 Å². The fraction of sp³-hybridized carbons (Fsp3) is 0.700. The molecule has 3 heterocycles. The molecule has 0 aromatic carbocycles. The molecule has 0 bridgehead atoms. The number of aliphatic hydroxyl groups excluding tert-OH is 5. The van der Waals surface area contributed by atoms with Crippen LogP contribution >= 0.6 is 7.82 Å². The van der Waals surface area contributed by atoms with Gasteiger partial charge >= 0.3 is 25.6 Å². The third-order valence-corrected chi connectivity index (χ3v) is 10.6. The minimum atomic E-state index is -5.59. The molecule has 2 aliphatic carbocycles. The number of nitrogens with zero attached hydrogens (tertiary/aromatic N) is 2. The molecule has 1 saturated carbocycles. The zero-order chi connectivity index (χ0) is 39.6. The van der Waals surface area contributed by atoms with Crippen molar-refractivity contribution in [1.82, 2.24) is 20.2 Å². The zero-order valence-electron chi connectivity index (χ0n) is 28.5. The fourth-order valence-corrected chi connectivity index (χ4v) is 7.72. The maximum Gasteiger partial charge on any atom is 0.475 e. The number of rotatable bonds is 14. The highest BCUT2D eigenvalue weighted by Crippen LogP contribution is 2.59. The summed E-state index contributed by atoms with van der Waals surface area (Å²) in [5.41, 5.74) is 2.58. The van der Waals surface area contributed by atoms with Crippen LogP contribution in [-0.4, -0.2) is 154 Å². The quantitative estimate of drug-likeness (QED) is 0.0634. The van der Waals surface area contributed by atoms with E-state index in [1.54, 1.807) is 0 Å². The molecule has 24 heteroatoms. The van der Waals surface area contributed by atoms with Gasteiger partial charge in [0.25, 0.3) is 5.79 Å². The maximum absolute atomic E-state index is 13.1. The standard InChI is InChI=1S/C30H44N5O18P/c31-18-8-9-35(27(44)33-18)23-25-30(23,46)24(41)17(51-25)13-49-54(47,48)53-29(26(42)43)10-15(37)20(22(52-29)21(40)16(38)12-36)34-19(39)11-32-28(45)50-14-6-4-2-1-3-5-7-14/h1-2,8-9,14-17,20-25,36-38,40-41,46H,3-7,10-13H2,(H,32,45)(H,34,39)(H,42,43)(H,47,48)(H2,31,33,44)/b2-1+/t14?,15?,16-,17-,20?,21-,22?,23-,24+,25+,29?,30+/m1/s1. The normalized spacial score (nSPS) is 36.3. The highest BCUT2D eigenvalue weighted by atomic mass is 31.2. The molecule has 3 fully saturated rings. The molecule has 5 rings (SSSR count). The molecule has 4 aliphatic rings. The van der Waals surface area contributed by atoms with E-state index < -0.39 is 130 Å². The summed E-state index contributed by atoms with van der Waals surface area (Å²) in [7, 11) is -5.59. The molecule has 1 aromatic heterocycles. The first-order valence-corrected chi connectivity index (χ1v) is 18.5. The number of nitrogens with two attached hydrogens (primary N) is 1. The van der Waals surface area contributed by atoms with Crippen molar-refractivity contribution in [3.05, 3.63) is 34.9 Å². The van der Waals surface area contributed by atoms with Crippen molar-refractivity contribution in [1.29, 1.82) is 0 Å². The van der Waals surface area contributed by atoms with Gasteiger partial charge < -0.3 is 71.2 Å². The van der Waals surface area contributed by atoms with E-state index in [1.807, 2.05) is 12.2 Å². The Kier molecular flexibility index (Phi) is 12.8. The molecule has 2 aliphatic heterocycles. The number of hydrogen-bond acceptors (Lipinski definition) is 18. The van der Waals surface area contributed by atoms with Crippen LogP contribution in [0.3, 0.4) is 0 Å². The fourth-order valence-electron chi connectivity index (χ4n) is 6.76. The Hall–Kier alpha value is -3.58. The van der Waals surface area contributed by atoms with Gasteiger partial charge in [-0.25, -0.2) is 23.5 Å². The molecule has 12 N–H and O–H groups in total. The number of carboxylic acids is 1. The van der Waals surface area contributed by atoms with Crippen molar-refractivity contribution >= 4 is 31.6 Å². The van der Waals surface area contributed by atoms with Crippen molar-refractivity contribution < 1.29 is 82.8 Å². The summed E-state index contributed by atoms with van der Waals surface area (Å²) in [4.78, 5) is 64.0. The van der Waals surface area contributed by atoms with Crippen molar-refractivity contribution in [2.24, 2.45) is 0 Å². The molecule has 302 valence electrons. The number of nitrogens with one attached hydrogen (secondary N) is 2. The highest BCUT2D eigenvalue weighted by molar-refractivity contribution is 7.47. The lowest BCUT2D eigenvalue weighted by atomic mass is 9.88. The second-order valence-corrected chi connectivity index (χ2v) is 14.8. The van der Waals surface area contributed by atoms with Gasteiger partial charge in [-0.1, -0.05) is 12.2 Å². The molecule has 2 amide bonds. The molecule has 2 saturated heterocycles. The van der Waals surface area contributed by atoms with E-state index in [0.717, 1.165) is 17.4 Å². The number of allylic oxidation sites excluding steroid dienone is 2. The Morgan fingerprint density at radius 2 is 1.91 bits per heavy atom. The maximum atomic E-state index is 13.1. The molecular weight excluding hydrogens is 749 g/mol. The molecular formula is C30H44N5O18P. The summed E-state index contributed by atoms with van der Waals surface area (Å²) in [5, 5.41) is 77.7. The number of amides is 2. The lowest BCUT2D eigenvalue weighted by molar-refractivity contribution is -0.289. The number of hydrogen-bond donors (Lipinski definition) is 11. The molecule has 13 atom stereocenters. The van der Waals surface area contributed by atoms with E-state index in [0.29, 0.717) is 19.3 Å². The van der Waals surface area contributed by atoms with Gasteiger partial charge in [0.15, 0.2) is 0 Å². The van der Waals surface area contributed by atoms with Gasteiger partial charge in [-0.2, -0.15) is 4.98 Å². The highest BCUT2D eigenvalue weighted by Gasteiger charge is 2.77. The second-order valence-electron chi connectivity index (χ2n) is 13.4. The monoisotopic (exact) mass is 793 g/mol. The van der Waals surface area contributed by atoms with Gasteiger partial charge in [0.05, 0.1) is 25.4 Å². The van der Waals surface area contributed by atoms with Crippen LogP contribution in [0.2, 0.25) is 0 Å². The summed E-state index contributed by atoms with van der Waals surface area (Å²) >= 11 is 0. The van der Waals surface area contributed by atoms with E-state index in [9.17, 15) is 64.4 Å². The third kappa shape index (κ3) is 8.93. The summed E-state index contributed by atoms with van der Waals surface area (Å²) < 4.78 is 40.1. The van der Waals surface area contributed by atoms with Crippen LogP contribution in [0.25, 0.3) is 0 Å². The first-order chi connectivity index (χ1) is 25.4. The van der Waals surface area contributed by atoms with Gasteiger partial charge in [0, 0.05) is 12.6 Å². The number of aromatic nitrogens is 2. The van der Waals surface area contributed by atoms with E-state index in [2.05, 4.69) is 15.6 Å². The minimum Gasteiger partial charge on any atom is -0.477 e. The van der Waals surface area contributed by atoms with Crippen LogP contribution in [0, 0.1) is 0 Å². The van der Waals surface area contributed by atoms with Crippen molar-refractivity contribution in [2.75, 3.05) is 25.5 Å². The van der Waals surface area contributed by atoms with Crippen LogP contribution in [0.5, 0.6) is 0 Å². The zero-order valence-corrected chi connectivity index (χ0v) is 29.4. The lowest BCUT2D eigenvalue weighted by Crippen LogP contribution is -2.68. The Balaban J connectivity index is 1.21. The average Bonchev–Trinajstić information content (AvgIpc) is 3.59. The first-order valence-electron chi connectivity index (χ1n) is 17.0.